The molecule has 6 nitrogen and oxygen atoms in total. The molecule has 36 heavy (non-hydrogen) atoms. The first-order chi connectivity index (χ1) is 17.4. The fourth-order valence-electron chi connectivity index (χ4n) is 4.32. The molecule has 0 radical (unpaired) electrons. The molecular formula is C29H32ClNO5. The molecule has 1 heterocycles. The van der Waals surface area contributed by atoms with Crippen LogP contribution in [0.1, 0.15) is 49.4 Å². The average Bonchev–Trinajstić information content (AvgIpc) is 2.89. The maximum atomic E-state index is 13.6. The number of nitrogens with zero attached hydrogens (tertiary/aromatic N) is 1. The fraction of sp³-hybridized carbons (Fsp3) is 0.345. The van der Waals surface area contributed by atoms with Gasteiger partial charge in [-0.2, -0.15) is 0 Å². The molecule has 7 heteroatoms. The van der Waals surface area contributed by atoms with Gasteiger partial charge in [0.15, 0.2) is 11.5 Å². The Kier molecular flexibility index (Phi) is 8.39. The Morgan fingerprint density at radius 3 is 2.44 bits per heavy atom. The van der Waals surface area contributed by atoms with Crippen molar-refractivity contribution in [1.82, 2.24) is 0 Å². The van der Waals surface area contributed by atoms with Crippen LogP contribution in [0.3, 0.4) is 0 Å². The van der Waals surface area contributed by atoms with Crippen LogP contribution in [0.2, 0.25) is 5.02 Å². The Morgan fingerprint density at radius 1 is 1.08 bits per heavy atom. The Hall–Kier alpha value is -3.22. The van der Waals surface area contributed by atoms with Crippen molar-refractivity contribution in [2.75, 3.05) is 25.2 Å². The Balaban J connectivity index is 1.85. The molecular weight excluding hydrogens is 478 g/mol. The highest BCUT2D eigenvalue weighted by Crippen LogP contribution is 2.44. The van der Waals surface area contributed by atoms with Crippen LogP contribution in [0.4, 0.5) is 5.69 Å². The largest absolute Gasteiger partial charge is 0.497 e. The highest BCUT2D eigenvalue weighted by atomic mass is 35.5. The molecule has 1 amide bonds. The third kappa shape index (κ3) is 5.61. The first kappa shape index (κ1) is 25.9. The molecule has 0 aromatic heterocycles. The van der Waals surface area contributed by atoms with Gasteiger partial charge in [0, 0.05) is 23.7 Å². The molecule has 0 saturated heterocycles. The third-order valence-corrected chi connectivity index (χ3v) is 6.62. The van der Waals surface area contributed by atoms with Gasteiger partial charge in [-0.25, -0.2) is 0 Å². The lowest BCUT2D eigenvalue weighted by Crippen LogP contribution is -2.41. The molecule has 1 N–H and O–H groups in total. The molecule has 190 valence electrons. The van der Waals surface area contributed by atoms with Crippen molar-refractivity contribution in [2.45, 2.75) is 45.3 Å². The van der Waals surface area contributed by atoms with Crippen LogP contribution in [0, 0.1) is 0 Å². The summed E-state index contributed by atoms with van der Waals surface area (Å²) in [4.78, 5) is 15.4. The highest BCUT2D eigenvalue weighted by Gasteiger charge is 2.36. The molecule has 3 aromatic rings. The summed E-state index contributed by atoms with van der Waals surface area (Å²) in [7, 11) is 1.62. The Bertz CT molecular complexity index is 1180. The fourth-order valence-corrected chi connectivity index (χ4v) is 4.44. The van der Waals surface area contributed by atoms with Gasteiger partial charge in [0.25, 0.3) is 0 Å². The van der Waals surface area contributed by atoms with Gasteiger partial charge in [0.1, 0.15) is 5.75 Å². The van der Waals surface area contributed by atoms with E-state index in [0.29, 0.717) is 29.5 Å². The number of hydrogen-bond donors (Lipinski definition) is 1. The van der Waals surface area contributed by atoms with E-state index in [-0.39, 0.29) is 31.1 Å². The summed E-state index contributed by atoms with van der Waals surface area (Å²) < 4.78 is 17.6. The molecule has 0 bridgehead atoms. The van der Waals surface area contributed by atoms with Gasteiger partial charge in [-0.1, -0.05) is 30.7 Å². The normalized spacial score (nSPS) is 15.9. The lowest BCUT2D eigenvalue weighted by Gasteiger charge is -2.38. The van der Waals surface area contributed by atoms with E-state index in [9.17, 15) is 9.90 Å². The predicted molar refractivity (Wildman–Crippen MR) is 141 cm³/mol. The van der Waals surface area contributed by atoms with Crippen LogP contribution in [0.25, 0.3) is 0 Å². The van der Waals surface area contributed by atoms with Gasteiger partial charge in [-0.15, -0.1) is 0 Å². The van der Waals surface area contributed by atoms with Crippen molar-refractivity contribution in [3.63, 3.8) is 0 Å². The van der Waals surface area contributed by atoms with Gasteiger partial charge in [-0.05, 0) is 78.6 Å². The van der Waals surface area contributed by atoms with Crippen LogP contribution < -0.4 is 19.1 Å². The molecule has 1 aliphatic rings. The van der Waals surface area contributed by atoms with E-state index in [1.165, 1.54) is 0 Å². The number of ether oxygens (including phenoxy) is 3. The number of halogens is 1. The van der Waals surface area contributed by atoms with Crippen molar-refractivity contribution in [3.05, 3.63) is 82.4 Å². The third-order valence-electron chi connectivity index (χ3n) is 6.37. The molecule has 2 atom stereocenters. The zero-order valence-electron chi connectivity index (χ0n) is 20.9. The summed E-state index contributed by atoms with van der Waals surface area (Å²) in [5.74, 6) is 1.91. The van der Waals surface area contributed by atoms with Gasteiger partial charge < -0.3 is 24.2 Å². The molecule has 0 fully saturated rings. The molecule has 0 saturated carbocycles. The maximum Gasteiger partial charge on any atom is 0.232 e. The van der Waals surface area contributed by atoms with E-state index in [0.717, 1.165) is 34.5 Å². The second kappa shape index (κ2) is 11.7. The molecule has 3 aromatic carbocycles. The minimum Gasteiger partial charge on any atom is -0.497 e. The zero-order valence-corrected chi connectivity index (χ0v) is 21.6. The van der Waals surface area contributed by atoms with E-state index in [1.54, 1.807) is 7.11 Å². The Morgan fingerprint density at radius 2 is 1.81 bits per heavy atom. The van der Waals surface area contributed by atoms with Gasteiger partial charge in [0.05, 0.1) is 32.3 Å². The molecule has 0 spiro atoms. The number of aliphatic hydroxyl groups excluding tert-OH is 1. The van der Waals surface area contributed by atoms with E-state index < -0.39 is 0 Å². The van der Waals surface area contributed by atoms with E-state index in [2.05, 4.69) is 6.92 Å². The van der Waals surface area contributed by atoms with E-state index in [4.69, 9.17) is 25.8 Å². The van der Waals surface area contributed by atoms with E-state index in [1.807, 2.05) is 72.5 Å². The minimum absolute atomic E-state index is 0.0138. The summed E-state index contributed by atoms with van der Waals surface area (Å²) >= 11 is 6.20. The van der Waals surface area contributed by atoms with Gasteiger partial charge >= 0.3 is 0 Å². The van der Waals surface area contributed by atoms with Crippen molar-refractivity contribution in [3.8, 4) is 17.2 Å². The number of carbonyl (C=O) groups is 1. The van der Waals surface area contributed by atoms with Gasteiger partial charge in [-0.3, -0.25) is 4.79 Å². The van der Waals surface area contributed by atoms with Crippen LogP contribution >= 0.6 is 11.6 Å². The molecule has 0 aliphatic carbocycles. The van der Waals surface area contributed by atoms with Crippen LogP contribution in [0.15, 0.2) is 60.7 Å². The Labute approximate surface area is 217 Å². The molecule has 4 rings (SSSR count). The first-order valence-electron chi connectivity index (χ1n) is 12.2. The van der Waals surface area contributed by atoms with Crippen molar-refractivity contribution in [2.24, 2.45) is 0 Å². The topological polar surface area (TPSA) is 68.2 Å². The first-order valence-corrected chi connectivity index (χ1v) is 12.6. The van der Waals surface area contributed by atoms with Crippen LogP contribution in [0.5, 0.6) is 17.2 Å². The second-order valence-corrected chi connectivity index (χ2v) is 9.29. The number of anilines is 1. The maximum absolute atomic E-state index is 13.6. The summed E-state index contributed by atoms with van der Waals surface area (Å²) in [5.41, 5.74) is 3.58. The quantitative estimate of drug-likeness (QED) is 0.341. The number of hydrogen-bond acceptors (Lipinski definition) is 5. The number of amides is 1. The SMILES string of the molecule is CC[C@@H](C)Oc1cc2c(cc1OCCCO)CC(=O)N(c1ccc(OC)cc1)C2c1ccc(Cl)cc1. The van der Waals surface area contributed by atoms with Crippen molar-refractivity contribution < 1.29 is 24.1 Å². The second-order valence-electron chi connectivity index (χ2n) is 8.85. The van der Waals surface area contributed by atoms with E-state index >= 15 is 0 Å². The number of methoxy groups -OCH3 is 1. The number of aliphatic hydroxyl groups is 1. The number of fused-ring (bicyclic) bond motifs is 1. The lowest BCUT2D eigenvalue weighted by molar-refractivity contribution is -0.118. The minimum atomic E-state index is -0.377. The lowest BCUT2D eigenvalue weighted by atomic mass is 9.86. The number of benzene rings is 3. The standard InChI is InChI=1S/C29H32ClNO5/c1-4-19(2)36-27-18-25-21(16-26(27)35-15-5-14-32)17-28(33)31(23-10-12-24(34-3)13-11-23)29(25)20-6-8-22(30)9-7-20/h6-13,16,18-19,29,32H,4-5,14-15,17H2,1-3H3/t19-,29?/m1/s1. The summed E-state index contributed by atoms with van der Waals surface area (Å²) in [6.07, 6.45) is 1.56. The molecule has 1 aliphatic heterocycles. The van der Waals surface area contributed by atoms with Crippen LogP contribution in [-0.2, 0) is 11.2 Å². The van der Waals surface area contributed by atoms with Crippen LogP contribution in [-0.4, -0.2) is 37.4 Å². The average molecular weight is 510 g/mol. The number of carbonyl (C=O) groups excluding carboxylic acids is 1. The molecule has 1 unspecified atom stereocenters. The smallest absolute Gasteiger partial charge is 0.232 e. The van der Waals surface area contributed by atoms with Crippen molar-refractivity contribution >= 4 is 23.2 Å². The van der Waals surface area contributed by atoms with Crippen molar-refractivity contribution in [1.29, 1.82) is 0 Å². The zero-order chi connectivity index (χ0) is 25.7. The van der Waals surface area contributed by atoms with Gasteiger partial charge in [0.2, 0.25) is 5.91 Å². The predicted octanol–water partition coefficient (Wildman–Crippen LogP) is 5.97. The highest BCUT2D eigenvalue weighted by molar-refractivity contribution is 6.30. The monoisotopic (exact) mass is 509 g/mol. The summed E-state index contributed by atoms with van der Waals surface area (Å²) in [5, 5.41) is 9.83. The summed E-state index contributed by atoms with van der Waals surface area (Å²) in [6, 6.07) is 18.6. The number of rotatable bonds is 10. The summed E-state index contributed by atoms with van der Waals surface area (Å²) in [6.45, 7) is 4.48.